The van der Waals surface area contributed by atoms with Crippen LogP contribution in [0.1, 0.15) is 23.7 Å². The van der Waals surface area contributed by atoms with E-state index in [0.717, 1.165) is 19.2 Å². The van der Waals surface area contributed by atoms with Crippen LogP contribution in [-0.4, -0.2) is 49.5 Å². The Hall–Kier alpha value is -1.69. The molecule has 5 nitrogen and oxygen atoms in total. The van der Waals surface area contributed by atoms with Gasteiger partial charge in [-0.3, -0.25) is 4.79 Å². The number of nitrogens with one attached hydrogen (secondary N) is 2. The summed E-state index contributed by atoms with van der Waals surface area (Å²) < 4.78 is 13.2. The maximum Gasteiger partial charge on any atom is 0.255 e. The van der Waals surface area contributed by atoms with E-state index in [1.165, 1.54) is 6.07 Å². The monoisotopic (exact) mass is 268 g/mol. The predicted octanol–water partition coefficient (Wildman–Crippen LogP) is 1.33. The maximum atomic E-state index is 13.2. The SMILES string of the molecule is CCCNc1ncc(F)cc1C(=O)NCCN(C)C. The van der Waals surface area contributed by atoms with Crippen molar-refractivity contribution in [3.8, 4) is 0 Å². The number of nitrogens with zero attached hydrogens (tertiary/aromatic N) is 2. The summed E-state index contributed by atoms with van der Waals surface area (Å²) in [6.45, 7) is 3.94. The molecule has 0 fully saturated rings. The Morgan fingerprint density at radius 3 is 2.79 bits per heavy atom. The van der Waals surface area contributed by atoms with Gasteiger partial charge in [-0.25, -0.2) is 9.37 Å². The molecule has 0 saturated heterocycles. The van der Waals surface area contributed by atoms with Crippen LogP contribution in [0.4, 0.5) is 10.2 Å². The van der Waals surface area contributed by atoms with E-state index in [2.05, 4.69) is 15.6 Å². The molecule has 0 bridgehead atoms. The molecule has 0 aliphatic heterocycles. The highest BCUT2D eigenvalue weighted by Crippen LogP contribution is 2.13. The van der Waals surface area contributed by atoms with Gasteiger partial charge in [0.2, 0.25) is 0 Å². The topological polar surface area (TPSA) is 57.3 Å². The summed E-state index contributed by atoms with van der Waals surface area (Å²) in [7, 11) is 3.84. The van der Waals surface area contributed by atoms with Crippen LogP contribution in [0.2, 0.25) is 0 Å². The van der Waals surface area contributed by atoms with Crippen molar-refractivity contribution >= 4 is 11.7 Å². The largest absolute Gasteiger partial charge is 0.369 e. The lowest BCUT2D eigenvalue weighted by molar-refractivity contribution is 0.0951. The first-order valence-corrected chi connectivity index (χ1v) is 6.37. The van der Waals surface area contributed by atoms with Crippen molar-refractivity contribution in [1.29, 1.82) is 0 Å². The van der Waals surface area contributed by atoms with E-state index in [4.69, 9.17) is 0 Å². The van der Waals surface area contributed by atoms with E-state index in [1.807, 2.05) is 25.9 Å². The molecule has 2 N–H and O–H groups in total. The van der Waals surface area contributed by atoms with Gasteiger partial charge in [0.15, 0.2) is 0 Å². The van der Waals surface area contributed by atoms with E-state index in [0.29, 0.717) is 18.9 Å². The van der Waals surface area contributed by atoms with Crippen LogP contribution in [0, 0.1) is 5.82 Å². The molecular formula is C13H21FN4O. The summed E-state index contributed by atoms with van der Waals surface area (Å²) in [5.74, 6) is -0.405. The summed E-state index contributed by atoms with van der Waals surface area (Å²) in [4.78, 5) is 17.9. The minimum atomic E-state index is -0.514. The lowest BCUT2D eigenvalue weighted by atomic mass is 10.2. The second-order valence-corrected chi connectivity index (χ2v) is 4.54. The van der Waals surface area contributed by atoms with Gasteiger partial charge in [-0.05, 0) is 26.6 Å². The van der Waals surface area contributed by atoms with Crippen molar-refractivity contribution in [2.24, 2.45) is 0 Å². The number of halogens is 1. The maximum absolute atomic E-state index is 13.2. The molecule has 0 spiro atoms. The second-order valence-electron chi connectivity index (χ2n) is 4.54. The third kappa shape index (κ3) is 5.21. The van der Waals surface area contributed by atoms with Gasteiger partial charge < -0.3 is 15.5 Å². The molecule has 0 aliphatic carbocycles. The van der Waals surface area contributed by atoms with E-state index in [9.17, 15) is 9.18 Å². The number of amides is 1. The van der Waals surface area contributed by atoms with E-state index < -0.39 is 5.82 Å². The summed E-state index contributed by atoms with van der Waals surface area (Å²) in [6, 6.07) is 1.20. The highest BCUT2D eigenvalue weighted by Gasteiger charge is 2.13. The zero-order chi connectivity index (χ0) is 14.3. The first kappa shape index (κ1) is 15.4. The number of anilines is 1. The number of pyridine rings is 1. The van der Waals surface area contributed by atoms with E-state index in [1.54, 1.807) is 0 Å². The van der Waals surface area contributed by atoms with Gasteiger partial charge in [-0.15, -0.1) is 0 Å². The van der Waals surface area contributed by atoms with Crippen LogP contribution in [0.25, 0.3) is 0 Å². The average Bonchev–Trinajstić information content (AvgIpc) is 2.36. The van der Waals surface area contributed by atoms with Crippen molar-refractivity contribution in [2.45, 2.75) is 13.3 Å². The summed E-state index contributed by atoms with van der Waals surface area (Å²) in [6.07, 6.45) is 2.01. The predicted molar refractivity (Wildman–Crippen MR) is 73.9 cm³/mol. The van der Waals surface area contributed by atoms with Crippen LogP contribution >= 0.6 is 0 Å². The Morgan fingerprint density at radius 2 is 2.16 bits per heavy atom. The van der Waals surface area contributed by atoms with Crippen molar-refractivity contribution in [3.05, 3.63) is 23.6 Å². The van der Waals surface area contributed by atoms with Crippen LogP contribution in [0.15, 0.2) is 12.3 Å². The summed E-state index contributed by atoms with van der Waals surface area (Å²) in [5, 5.41) is 5.77. The molecule has 0 radical (unpaired) electrons. The smallest absolute Gasteiger partial charge is 0.255 e. The fraction of sp³-hybridized carbons (Fsp3) is 0.538. The van der Waals surface area contributed by atoms with Gasteiger partial charge in [0.25, 0.3) is 5.91 Å². The van der Waals surface area contributed by atoms with Gasteiger partial charge in [0.05, 0.1) is 11.8 Å². The standard InChI is InChI=1S/C13H21FN4O/c1-4-5-15-12-11(8-10(14)9-17-12)13(19)16-6-7-18(2)3/h8-9H,4-7H2,1-3H3,(H,15,17)(H,16,19). The lowest BCUT2D eigenvalue weighted by Crippen LogP contribution is -2.32. The number of hydrogen-bond acceptors (Lipinski definition) is 4. The third-order valence-corrected chi connectivity index (χ3v) is 2.49. The van der Waals surface area contributed by atoms with Crippen molar-refractivity contribution in [2.75, 3.05) is 39.0 Å². The quantitative estimate of drug-likeness (QED) is 0.783. The normalized spacial score (nSPS) is 10.6. The highest BCUT2D eigenvalue weighted by molar-refractivity contribution is 5.98. The molecule has 0 unspecified atom stereocenters. The minimum Gasteiger partial charge on any atom is -0.369 e. The first-order valence-electron chi connectivity index (χ1n) is 6.37. The molecule has 1 amide bonds. The number of hydrogen-bond donors (Lipinski definition) is 2. The van der Waals surface area contributed by atoms with Gasteiger partial charge in [-0.2, -0.15) is 0 Å². The number of aromatic nitrogens is 1. The Morgan fingerprint density at radius 1 is 1.42 bits per heavy atom. The Balaban J connectivity index is 2.72. The number of carbonyl (C=O) groups is 1. The first-order chi connectivity index (χ1) is 9.04. The van der Waals surface area contributed by atoms with Gasteiger partial charge in [0, 0.05) is 19.6 Å². The molecule has 1 aromatic heterocycles. The Bertz CT molecular complexity index is 423. The zero-order valence-corrected chi connectivity index (χ0v) is 11.7. The minimum absolute atomic E-state index is 0.243. The number of likely N-dealkylation sites (N-methyl/N-ethyl adjacent to an activating group) is 1. The average molecular weight is 268 g/mol. The van der Waals surface area contributed by atoms with Crippen molar-refractivity contribution < 1.29 is 9.18 Å². The molecule has 1 heterocycles. The van der Waals surface area contributed by atoms with Crippen LogP contribution in [-0.2, 0) is 0 Å². The lowest BCUT2D eigenvalue weighted by Gasteiger charge is -2.13. The van der Waals surface area contributed by atoms with Crippen molar-refractivity contribution in [1.82, 2.24) is 15.2 Å². The van der Waals surface area contributed by atoms with E-state index in [-0.39, 0.29) is 11.5 Å². The van der Waals surface area contributed by atoms with Crippen LogP contribution in [0.3, 0.4) is 0 Å². The second kappa shape index (κ2) is 7.68. The highest BCUT2D eigenvalue weighted by atomic mass is 19.1. The molecule has 1 aromatic rings. The molecule has 19 heavy (non-hydrogen) atoms. The fourth-order valence-corrected chi connectivity index (χ4v) is 1.48. The molecule has 0 aromatic carbocycles. The fourth-order valence-electron chi connectivity index (χ4n) is 1.48. The summed E-state index contributed by atoms with van der Waals surface area (Å²) >= 11 is 0. The van der Waals surface area contributed by atoms with E-state index >= 15 is 0 Å². The molecule has 106 valence electrons. The van der Waals surface area contributed by atoms with Crippen LogP contribution in [0.5, 0.6) is 0 Å². The van der Waals surface area contributed by atoms with Gasteiger partial charge in [0.1, 0.15) is 11.6 Å². The molecule has 0 atom stereocenters. The molecular weight excluding hydrogens is 247 g/mol. The molecule has 0 aliphatic rings. The van der Waals surface area contributed by atoms with Gasteiger partial charge >= 0.3 is 0 Å². The number of rotatable bonds is 7. The molecule has 1 rings (SSSR count). The third-order valence-electron chi connectivity index (χ3n) is 2.49. The Labute approximate surface area is 113 Å². The summed E-state index contributed by atoms with van der Waals surface area (Å²) in [5.41, 5.74) is 0.243. The van der Waals surface area contributed by atoms with Crippen molar-refractivity contribution in [3.63, 3.8) is 0 Å². The molecule has 6 heteroatoms. The van der Waals surface area contributed by atoms with Crippen LogP contribution < -0.4 is 10.6 Å². The Kier molecular flexibility index (Phi) is 6.21. The number of carbonyl (C=O) groups excluding carboxylic acids is 1. The zero-order valence-electron chi connectivity index (χ0n) is 11.7. The van der Waals surface area contributed by atoms with Gasteiger partial charge in [-0.1, -0.05) is 6.92 Å². The molecule has 0 saturated carbocycles.